The Balaban J connectivity index is 1.62. The van der Waals surface area contributed by atoms with Crippen LogP contribution >= 0.6 is 11.8 Å². The van der Waals surface area contributed by atoms with Crippen LogP contribution in [0.2, 0.25) is 0 Å². The van der Waals surface area contributed by atoms with Gasteiger partial charge in [0.1, 0.15) is 0 Å². The van der Waals surface area contributed by atoms with Gasteiger partial charge in [0.25, 0.3) is 0 Å². The minimum atomic E-state index is -0.731. The highest BCUT2D eigenvalue weighted by atomic mass is 32.2. The second kappa shape index (κ2) is 7.44. The average molecular weight is 313 g/mol. The summed E-state index contributed by atoms with van der Waals surface area (Å²) in [5.74, 6) is 0.936. The maximum atomic E-state index is 11.8. The lowest BCUT2D eigenvalue weighted by Gasteiger charge is -2.26. The fourth-order valence-corrected chi connectivity index (χ4v) is 3.05. The van der Waals surface area contributed by atoms with Crippen LogP contribution in [0.4, 0.5) is 0 Å². The lowest BCUT2D eigenvalue weighted by molar-refractivity contribution is -0.142. The molecular formula is C13H19N3O4S. The van der Waals surface area contributed by atoms with Crippen molar-refractivity contribution in [3.05, 3.63) is 11.7 Å². The predicted octanol–water partition coefficient (Wildman–Crippen LogP) is 1.37. The Morgan fingerprint density at radius 2 is 2.10 bits per heavy atom. The van der Waals surface area contributed by atoms with Crippen molar-refractivity contribution in [3.63, 3.8) is 0 Å². The summed E-state index contributed by atoms with van der Waals surface area (Å²) in [6, 6.07) is 0.0966. The van der Waals surface area contributed by atoms with E-state index in [9.17, 15) is 9.59 Å². The van der Waals surface area contributed by atoms with Gasteiger partial charge in [0.15, 0.2) is 5.82 Å². The zero-order valence-corrected chi connectivity index (χ0v) is 12.7. The number of hydrogen-bond acceptors (Lipinski definition) is 6. The zero-order chi connectivity index (χ0) is 15.2. The van der Waals surface area contributed by atoms with Gasteiger partial charge in [-0.1, -0.05) is 5.16 Å². The number of aryl methyl sites for hydroxylation is 1. The van der Waals surface area contributed by atoms with Gasteiger partial charge in [0.05, 0.1) is 17.4 Å². The molecule has 0 spiro atoms. The number of carbonyl (C=O) groups excluding carboxylic acids is 1. The molecule has 0 aromatic carbocycles. The maximum Gasteiger partial charge on any atom is 0.306 e. The molecule has 1 fully saturated rings. The van der Waals surface area contributed by atoms with Crippen LogP contribution in [0.15, 0.2) is 4.52 Å². The SMILES string of the molecule is Cc1noc(CSCC(=O)NC2CCC(C(=O)O)CC2)n1. The number of nitrogens with zero attached hydrogens (tertiary/aromatic N) is 2. The van der Waals surface area contributed by atoms with Crippen molar-refractivity contribution >= 4 is 23.6 Å². The first-order chi connectivity index (χ1) is 10.0. The van der Waals surface area contributed by atoms with Gasteiger partial charge < -0.3 is 14.9 Å². The van der Waals surface area contributed by atoms with Crippen LogP contribution in [0, 0.1) is 12.8 Å². The molecule has 0 bridgehead atoms. The van der Waals surface area contributed by atoms with Crippen molar-refractivity contribution in [2.45, 2.75) is 44.4 Å². The van der Waals surface area contributed by atoms with E-state index in [1.54, 1.807) is 6.92 Å². The van der Waals surface area contributed by atoms with Crippen molar-refractivity contribution in [3.8, 4) is 0 Å². The molecule has 2 rings (SSSR count). The minimum absolute atomic E-state index is 0.0324. The molecule has 1 saturated carbocycles. The summed E-state index contributed by atoms with van der Waals surface area (Å²) >= 11 is 1.42. The summed E-state index contributed by atoms with van der Waals surface area (Å²) in [7, 11) is 0. The molecule has 1 aliphatic carbocycles. The molecule has 1 aromatic rings. The Kier molecular flexibility index (Phi) is 5.60. The molecule has 0 saturated heterocycles. The molecule has 1 amide bonds. The van der Waals surface area contributed by atoms with E-state index in [0.29, 0.717) is 36.1 Å². The molecule has 21 heavy (non-hydrogen) atoms. The second-order valence-electron chi connectivity index (χ2n) is 5.18. The largest absolute Gasteiger partial charge is 0.481 e. The van der Waals surface area contributed by atoms with Crippen LogP contribution in [0.1, 0.15) is 37.4 Å². The van der Waals surface area contributed by atoms with Crippen molar-refractivity contribution < 1.29 is 19.2 Å². The van der Waals surface area contributed by atoms with Crippen molar-refractivity contribution in [2.75, 3.05) is 5.75 Å². The molecule has 0 atom stereocenters. The van der Waals surface area contributed by atoms with Crippen LogP contribution in [0.3, 0.4) is 0 Å². The number of hydrogen-bond donors (Lipinski definition) is 2. The standard InChI is InChI=1S/C13H19N3O4S/c1-8-14-12(20-16-8)7-21-6-11(17)15-10-4-2-9(3-5-10)13(18)19/h9-10H,2-7H2,1H3,(H,15,17)(H,18,19). The quantitative estimate of drug-likeness (QED) is 0.817. The lowest BCUT2D eigenvalue weighted by Crippen LogP contribution is -2.39. The number of rotatable bonds is 6. The number of nitrogens with one attached hydrogen (secondary N) is 1. The van der Waals surface area contributed by atoms with E-state index < -0.39 is 5.97 Å². The van der Waals surface area contributed by atoms with Crippen molar-refractivity contribution in [1.29, 1.82) is 0 Å². The summed E-state index contributed by atoms with van der Waals surface area (Å²) in [5.41, 5.74) is 0. The van der Waals surface area contributed by atoms with Crippen LogP contribution in [0.25, 0.3) is 0 Å². The third-order valence-corrected chi connectivity index (χ3v) is 4.39. The maximum absolute atomic E-state index is 11.8. The molecule has 1 aromatic heterocycles. The topological polar surface area (TPSA) is 105 Å². The summed E-state index contributed by atoms with van der Waals surface area (Å²) in [5, 5.41) is 15.6. The van der Waals surface area contributed by atoms with E-state index in [2.05, 4.69) is 15.5 Å². The second-order valence-corrected chi connectivity index (χ2v) is 6.17. The highest BCUT2D eigenvalue weighted by Gasteiger charge is 2.26. The van der Waals surface area contributed by atoms with Gasteiger partial charge >= 0.3 is 5.97 Å². The van der Waals surface area contributed by atoms with E-state index in [1.807, 2.05) is 0 Å². The molecule has 1 heterocycles. The third-order valence-electron chi connectivity index (χ3n) is 3.47. The first-order valence-corrected chi connectivity index (χ1v) is 8.09. The van der Waals surface area contributed by atoms with Gasteiger partial charge in [-0.3, -0.25) is 9.59 Å². The highest BCUT2D eigenvalue weighted by molar-refractivity contribution is 7.99. The number of thioether (sulfide) groups is 1. The lowest BCUT2D eigenvalue weighted by atomic mass is 9.86. The number of carboxylic acids is 1. The van der Waals surface area contributed by atoms with Gasteiger partial charge in [-0.2, -0.15) is 4.98 Å². The van der Waals surface area contributed by atoms with Crippen molar-refractivity contribution in [1.82, 2.24) is 15.5 Å². The summed E-state index contributed by atoms with van der Waals surface area (Å²) in [4.78, 5) is 26.7. The molecule has 1 aliphatic rings. The van der Waals surface area contributed by atoms with Crippen LogP contribution in [-0.2, 0) is 15.3 Å². The Labute approximate surface area is 126 Å². The van der Waals surface area contributed by atoms with Crippen LogP contribution < -0.4 is 5.32 Å². The highest BCUT2D eigenvalue weighted by Crippen LogP contribution is 2.24. The first-order valence-electron chi connectivity index (χ1n) is 6.93. The fourth-order valence-electron chi connectivity index (χ4n) is 2.38. The van der Waals surface area contributed by atoms with E-state index >= 15 is 0 Å². The molecular weight excluding hydrogens is 294 g/mol. The molecule has 116 valence electrons. The number of aromatic nitrogens is 2. The van der Waals surface area contributed by atoms with E-state index in [0.717, 1.165) is 12.8 Å². The smallest absolute Gasteiger partial charge is 0.306 e. The summed E-state index contributed by atoms with van der Waals surface area (Å²) < 4.78 is 4.96. The number of aliphatic carboxylic acids is 1. The van der Waals surface area contributed by atoms with Gasteiger partial charge in [-0.25, -0.2) is 0 Å². The van der Waals surface area contributed by atoms with Gasteiger partial charge in [0.2, 0.25) is 11.8 Å². The minimum Gasteiger partial charge on any atom is -0.481 e. The molecule has 0 unspecified atom stereocenters. The van der Waals surface area contributed by atoms with E-state index in [-0.39, 0.29) is 17.9 Å². The molecule has 0 aliphatic heterocycles. The normalized spacial score (nSPS) is 22.0. The first kappa shape index (κ1) is 15.8. The van der Waals surface area contributed by atoms with Crippen molar-refractivity contribution in [2.24, 2.45) is 5.92 Å². The monoisotopic (exact) mass is 313 g/mol. The summed E-state index contributed by atoms with van der Waals surface area (Å²) in [6.07, 6.45) is 2.73. The van der Waals surface area contributed by atoms with E-state index in [1.165, 1.54) is 11.8 Å². The number of carboxylic acid groups (broad SMARTS) is 1. The Morgan fingerprint density at radius 1 is 1.38 bits per heavy atom. The predicted molar refractivity (Wildman–Crippen MR) is 76.7 cm³/mol. The number of amides is 1. The Hall–Kier alpha value is -1.57. The molecule has 2 N–H and O–H groups in total. The van der Waals surface area contributed by atoms with Crippen LogP contribution in [-0.4, -0.2) is 38.9 Å². The van der Waals surface area contributed by atoms with Gasteiger partial charge in [0, 0.05) is 6.04 Å². The molecule has 8 heteroatoms. The number of carbonyl (C=O) groups is 2. The van der Waals surface area contributed by atoms with Gasteiger partial charge in [-0.05, 0) is 32.6 Å². The Morgan fingerprint density at radius 3 is 2.67 bits per heavy atom. The third kappa shape index (κ3) is 5.04. The zero-order valence-electron chi connectivity index (χ0n) is 11.9. The van der Waals surface area contributed by atoms with Gasteiger partial charge in [-0.15, -0.1) is 11.8 Å². The average Bonchev–Trinajstić information content (AvgIpc) is 2.85. The van der Waals surface area contributed by atoms with E-state index in [4.69, 9.17) is 9.63 Å². The summed E-state index contributed by atoms with van der Waals surface area (Å²) in [6.45, 7) is 1.75. The van der Waals surface area contributed by atoms with Crippen LogP contribution in [0.5, 0.6) is 0 Å². The Bertz CT molecular complexity index is 497. The molecule has 0 radical (unpaired) electrons. The molecule has 7 nitrogen and oxygen atoms in total. The fraction of sp³-hybridized carbons (Fsp3) is 0.692.